The Morgan fingerprint density at radius 2 is 2.00 bits per heavy atom. The third-order valence-electron chi connectivity index (χ3n) is 3.58. The standard InChI is InChI=1S/C12H24N2/c1-10-6-7-13-12(2,3)9-14(10)8-11-4-5-11/h10-11,13H,4-9H2,1-3H3. The van der Waals surface area contributed by atoms with Gasteiger partial charge < -0.3 is 5.32 Å². The van der Waals surface area contributed by atoms with Crippen molar-refractivity contribution in [3.63, 3.8) is 0 Å². The molecular formula is C12H24N2. The summed E-state index contributed by atoms with van der Waals surface area (Å²) in [5, 5.41) is 3.63. The van der Waals surface area contributed by atoms with Gasteiger partial charge in [0.05, 0.1) is 0 Å². The Hall–Kier alpha value is -0.0800. The molecule has 0 bridgehead atoms. The minimum Gasteiger partial charge on any atom is -0.310 e. The molecule has 0 aromatic carbocycles. The van der Waals surface area contributed by atoms with Crippen molar-refractivity contribution in [3.8, 4) is 0 Å². The zero-order chi connectivity index (χ0) is 10.2. The predicted molar refractivity (Wildman–Crippen MR) is 60.5 cm³/mol. The Labute approximate surface area is 88.1 Å². The number of hydrogen-bond donors (Lipinski definition) is 1. The Kier molecular flexibility index (Phi) is 2.85. The largest absolute Gasteiger partial charge is 0.310 e. The lowest BCUT2D eigenvalue weighted by Crippen LogP contribution is -2.48. The van der Waals surface area contributed by atoms with Crippen LogP contribution in [0.4, 0.5) is 0 Å². The second-order valence-corrected chi connectivity index (χ2v) is 5.82. The molecule has 82 valence electrons. The summed E-state index contributed by atoms with van der Waals surface area (Å²) in [6.07, 6.45) is 4.24. The summed E-state index contributed by atoms with van der Waals surface area (Å²) in [5.74, 6) is 1.02. The molecule has 1 heterocycles. The van der Waals surface area contributed by atoms with E-state index in [-0.39, 0.29) is 0 Å². The zero-order valence-electron chi connectivity index (χ0n) is 9.84. The minimum atomic E-state index is 0.305. The highest BCUT2D eigenvalue weighted by Crippen LogP contribution is 2.31. The van der Waals surface area contributed by atoms with E-state index < -0.39 is 0 Å². The maximum atomic E-state index is 3.63. The molecule has 0 aromatic heterocycles. The van der Waals surface area contributed by atoms with Gasteiger partial charge in [0.25, 0.3) is 0 Å². The fourth-order valence-electron chi connectivity index (χ4n) is 2.40. The second-order valence-electron chi connectivity index (χ2n) is 5.82. The average Bonchev–Trinajstić information content (AvgIpc) is 2.85. The van der Waals surface area contributed by atoms with Crippen LogP contribution in [0.15, 0.2) is 0 Å². The van der Waals surface area contributed by atoms with E-state index in [4.69, 9.17) is 0 Å². The number of rotatable bonds is 2. The molecule has 0 radical (unpaired) electrons. The van der Waals surface area contributed by atoms with Crippen molar-refractivity contribution < 1.29 is 0 Å². The van der Waals surface area contributed by atoms with Gasteiger partial charge in [-0.25, -0.2) is 0 Å². The van der Waals surface area contributed by atoms with E-state index in [0.29, 0.717) is 5.54 Å². The van der Waals surface area contributed by atoms with Gasteiger partial charge in [-0.15, -0.1) is 0 Å². The third-order valence-corrected chi connectivity index (χ3v) is 3.58. The topological polar surface area (TPSA) is 15.3 Å². The first-order chi connectivity index (χ1) is 6.57. The molecule has 1 unspecified atom stereocenters. The van der Waals surface area contributed by atoms with E-state index in [9.17, 15) is 0 Å². The van der Waals surface area contributed by atoms with Crippen LogP contribution < -0.4 is 5.32 Å². The zero-order valence-corrected chi connectivity index (χ0v) is 9.84. The van der Waals surface area contributed by atoms with E-state index in [1.165, 1.54) is 38.9 Å². The first kappa shape index (κ1) is 10.4. The smallest absolute Gasteiger partial charge is 0.0252 e. The first-order valence-electron chi connectivity index (χ1n) is 6.06. The molecule has 1 saturated heterocycles. The molecule has 0 spiro atoms. The normalized spacial score (nSPS) is 34.1. The van der Waals surface area contributed by atoms with Gasteiger partial charge in [-0.05, 0) is 52.5 Å². The molecule has 1 atom stereocenters. The summed E-state index contributed by atoms with van der Waals surface area (Å²) < 4.78 is 0. The average molecular weight is 196 g/mol. The van der Waals surface area contributed by atoms with Gasteiger partial charge in [0.1, 0.15) is 0 Å². The van der Waals surface area contributed by atoms with Gasteiger partial charge in [0, 0.05) is 24.7 Å². The van der Waals surface area contributed by atoms with Crippen LogP contribution in [0, 0.1) is 5.92 Å². The number of nitrogens with one attached hydrogen (secondary N) is 1. The molecule has 0 amide bonds. The third kappa shape index (κ3) is 2.71. The van der Waals surface area contributed by atoms with Crippen molar-refractivity contribution in [1.29, 1.82) is 0 Å². The summed E-state index contributed by atoms with van der Waals surface area (Å²) >= 11 is 0. The Balaban J connectivity index is 1.95. The maximum Gasteiger partial charge on any atom is 0.0252 e. The second kappa shape index (κ2) is 3.82. The Bertz CT molecular complexity index is 196. The summed E-state index contributed by atoms with van der Waals surface area (Å²) in [4.78, 5) is 2.69. The van der Waals surface area contributed by atoms with Gasteiger partial charge in [0.2, 0.25) is 0 Å². The van der Waals surface area contributed by atoms with Crippen LogP contribution in [0.3, 0.4) is 0 Å². The molecule has 1 aliphatic heterocycles. The number of nitrogens with zero attached hydrogens (tertiary/aromatic N) is 1. The van der Waals surface area contributed by atoms with Gasteiger partial charge >= 0.3 is 0 Å². The monoisotopic (exact) mass is 196 g/mol. The van der Waals surface area contributed by atoms with Crippen molar-refractivity contribution in [2.24, 2.45) is 5.92 Å². The molecule has 2 aliphatic rings. The van der Waals surface area contributed by atoms with Gasteiger partial charge in [-0.1, -0.05) is 0 Å². The first-order valence-corrected chi connectivity index (χ1v) is 6.06. The molecule has 2 fully saturated rings. The van der Waals surface area contributed by atoms with E-state index in [1.54, 1.807) is 0 Å². The highest BCUT2D eigenvalue weighted by Gasteiger charge is 2.32. The summed E-state index contributed by atoms with van der Waals surface area (Å²) in [6.45, 7) is 10.8. The molecule has 2 nitrogen and oxygen atoms in total. The van der Waals surface area contributed by atoms with E-state index >= 15 is 0 Å². The molecule has 14 heavy (non-hydrogen) atoms. The van der Waals surface area contributed by atoms with Crippen LogP contribution >= 0.6 is 0 Å². The quantitative estimate of drug-likeness (QED) is 0.725. The molecule has 2 rings (SSSR count). The van der Waals surface area contributed by atoms with Crippen LogP contribution in [0.5, 0.6) is 0 Å². The van der Waals surface area contributed by atoms with Crippen molar-refractivity contribution in [2.75, 3.05) is 19.6 Å². The van der Waals surface area contributed by atoms with Crippen LogP contribution in [0.2, 0.25) is 0 Å². The van der Waals surface area contributed by atoms with Gasteiger partial charge in [-0.2, -0.15) is 0 Å². The lowest BCUT2D eigenvalue weighted by molar-refractivity contribution is 0.174. The Morgan fingerprint density at radius 3 is 2.64 bits per heavy atom. The van der Waals surface area contributed by atoms with E-state index in [0.717, 1.165) is 12.0 Å². The fraction of sp³-hybridized carbons (Fsp3) is 1.00. The molecular weight excluding hydrogens is 172 g/mol. The maximum absolute atomic E-state index is 3.63. The van der Waals surface area contributed by atoms with Crippen molar-refractivity contribution in [2.45, 2.75) is 51.6 Å². The Morgan fingerprint density at radius 1 is 1.29 bits per heavy atom. The summed E-state index contributed by atoms with van der Waals surface area (Å²) in [7, 11) is 0. The highest BCUT2D eigenvalue weighted by atomic mass is 15.2. The summed E-state index contributed by atoms with van der Waals surface area (Å²) in [5.41, 5.74) is 0.305. The van der Waals surface area contributed by atoms with Crippen molar-refractivity contribution in [3.05, 3.63) is 0 Å². The predicted octanol–water partition coefficient (Wildman–Crippen LogP) is 1.86. The van der Waals surface area contributed by atoms with Gasteiger partial charge in [0.15, 0.2) is 0 Å². The van der Waals surface area contributed by atoms with Gasteiger partial charge in [-0.3, -0.25) is 4.90 Å². The van der Waals surface area contributed by atoms with Crippen LogP contribution in [0.1, 0.15) is 40.0 Å². The fourth-order valence-corrected chi connectivity index (χ4v) is 2.40. The molecule has 1 N–H and O–H groups in total. The van der Waals surface area contributed by atoms with Crippen molar-refractivity contribution >= 4 is 0 Å². The van der Waals surface area contributed by atoms with Crippen molar-refractivity contribution in [1.82, 2.24) is 10.2 Å². The summed E-state index contributed by atoms with van der Waals surface area (Å²) in [6, 6.07) is 0.768. The molecule has 1 saturated carbocycles. The minimum absolute atomic E-state index is 0.305. The SMILES string of the molecule is CC1CCNC(C)(C)CN1CC1CC1. The highest BCUT2D eigenvalue weighted by molar-refractivity contribution is 4.90. The van der Waals surface area contributed by atoms with E-state index in [1.807, 2.05) is 0 Å². The molecule has 0 aromatic rings. The lowest BCUT2D eigenvalue weighted by atomic mass is 10.1. The molecule has 2 heteroatoms. The van der Waals surface area contributed by atoms with Crippen LogP contribution in [0.25, 0.3) is 0 Å². The van der Waals surface area contributed by atoms with E-state index in [2.05, 4.69) is 31.0 Å². The van der Waals surface area contributed by atoms with Crippen LogP contribution in [-0.4, -0.2) is 36.1 Å². The lowest BCUT2D eigenvalue weighted by Gasteiger charge is -2.32. The van der Waals surface area contributed by atoms with Crippen LogP contribution in [-0.2, 0) is 0 Å². The number of hydrogen-bond acceptors (Lipinski definition) is 2. The molecule has 1 aliphatic carbocycles.